The molecule has 0 bridgehead atoms. The Labute approximate surface area is 138 Å². The number of hydrogen-bond acceptors (Lipinski definition) is 3. The molecule has 0 atom stereocenters. The van der Waals surface area contributed by atoms with E-state index in [4.69, 9.17) is 0 Å². The zero-order valence-corrected chi connectivity index (χ0v) is 12.4. The summed E-state index contributed by atoms with van der Waals surface area (Å²) in [6.07, 6.45) is 0. The number of azo groups is 1. The maximum atomic E-state index is 13.7. The summed E-state index contributed by atoms with van der Waals surface area (Å²) < 4.78 is 125. The molecule has 0 radical (unpaired) electrons. The summed E-state index contributed by atoms with van der Waals surface area (Å²) in [7, 11) is 0. The van der Waals surface area contributed by atoms with Crippen molar-refractivity contribution in [1.82, 2.24) is 0 Å². The third-order valence-corrected chi connectivity index (χ3v) is 2.93. The number of ether oxygens (including phenoxy) is 1. The number of nitrogens with zero attached hydrogens (tertiary/aromatic N) is 2. The van der Waals surface area contributed by atoms with Crippen LogP contribution in [-0.2, 0) is 0 Å². The van der Waals surface area contributed by atoms with Crippen LogP contribution in [0.3, 0.4) is 0 Å². The molecule has 0 fully saturated rings. The Morgan fingerprint density at radius 3 is 1.19 bits per heavy atom. The van der Waals surface area contributed by atoms with Gasteiger partial charge in [0, 0.05) is 0 Å². The number of hydrogen-bond donors (Lipinski definition) is 0. The van der Waals surface area contributed by atoms with E-state index >= 15 is 0 Å². The average molecular weight is 388 g/mol. The van der Waals surface area contributed by atoms with Crippen LogP contribution in [0.5, 0.6) is 5.75 Å². The van der Waals surface area contributed by atoms with Gasteiger partial charge in [-0.2, -0.15) is 8.78 Å². The van der Waals surface area contributed by atoms with Crippen molar-refractivity contribution in [2.75, 3.05) is 6.61 Å². The molecule has 0 aliphatic heterocycles. The summed E-state index contributed by atoms with van der Waals surface area (Å²) in [5.41, 5.74) is -3.71. The Kier molecular flexibility index (Phi) is 5.42. The van der Waals surface area contributed by atoms with Gasteiger partial charge in [-0.15, -0.1) is 10.2 Å². The van der Waals surface area contributed by atoms with Crippen molar-refractivity contribution in [1.29, 1.82) is 0 Å². The highest BCUT2D eigenvalue weighted by Gasteiger charge is 2.29. The first-order chi connectivity index (χ1) is 12.1. The Balaban J connectivity index is 2.64. The largest absolute Gasteiger partial charge is 0.488 e. The molecule has 0 spiro atoms. The summed E-state index contributed by atoms with van der Waals surface area (Å²) in [5.74, 6) is -22.0. The molecule has 0 heterocycles. The summed E-state index contributed by atoms with van der Waals surface area (Å²) in [4.78, 5) is 0. The molecule has 0 saturated heterocycles. The van der Waals surface area contributed by atoms with Gasteiger partial charge in [0.2, 0.25) is 17.5 Å². The van der Waals surface area contributed by atoms with Crippen LogP contribution < -0.4 is 4.74 Å². The fourth-order valence-electron chi connectivity index (χ4n) is 1.74. The van der Waals surface area contributed by atoms with Gasteiger partial charge in [0.05, 0.1) is 6.61 Å². The first-order valence-corrected chi connectivity index (χ1v) is 6.55. The number of halogens is 9. The lowest BCUT2D eigenvalue weighted by Crippen LogP contribution is -2.03. The van der Waals surface area contributed by atoms with Crippen molar-refractivity contribution in [3.05, 3.63) is 52.4 Å². The molecule has 0 aliphatic carbocycles. The molecule has 12 heteroatoms. The average Bonchev–Trinajstić information content (AvgIpc) is 2.62. The van der Waals surface area contributed by atoms with E-state index in [9.17, 15) is 39.5 Å². The van der Waals surface area contributed by atoms with Gasteiger partial charge in [0.25, 0.3) is 0 Å². The van der Waals surface area contributed by atoms with Gasteiger partial charge < -0.3 is 4.74 Å². The lowest BCUT2D eigenvalue weighted by atomic mass is 10.2. The predicted octanol–water partition coefficient (Wildman–Crippen LogP) is 5.75. The van der Waals surface area contributed by atoms with E-state index in [1.165, 1.54) is 6.92 Å². The molecule has 2 rings (SSSR count). The molecule has 26 heavy (non-hydrogen) atoms. The second-order valence-electron chi connectivity index (χ2n) is 4.49. The smallest absolute Gasteiger partial charge is 0.206 e. The van der Waals surface area contributed by atoms with Crippen LogP contribution in [0.2, 0.25) is 0 Å². The van der Waals surface area contributed by atoms with E-state index in [0.29, 0.717) is 0 Å². The van der Waals surface area contributed by atoms with Gasteiger partial charge in [-0.1, -0.05) is 0 Å². The van der Waals surface area contributed by atoms with Crippen LogP contribution >= 0.6 is 0 Å². The Bertz CT molecular complexity index is 856. The highest BCUT2D eigenvalue weighted by Crippen LogP contribution is 2.37. The van der Waals surface area contributed by atoms with Crippen molar-refractivity contribution in [2.45, 2.75) is 6.92 Å². The molecule has 2 aromatic carbocycles. The third kappa shape index (κ3) is 3.06. The summed E-state index contributed by atoms with van der Waals surface area (Å²) >= 11 is 0. The SMILES string of the molecule is CCOc1c(F)c(F)c(N=Nc2c(F)c(F)c(F)c(F)c2F)c(F)c1F. The van der Waals surface area contributed by atoms with Gasteiger partial charge in [0.1, 0.15) is 0 Å². The van der Waals surface area contributed by atoms with E-state index in [-0.39, 0.29) is 6.61 Å². The maximum Gasteiger partial charge on any atom is 0.206 e. The van der Waals surface area contributed by atoms with Crippen LogP contribution in [0.25, 0.3) is 0 Å². The highest BCUT2D eigenvalue weighted by molar-refractivity contribution is 5.48. The van der Waals surface area contributed by atoms with Crippen LogP contribution in [0.4, 0.5) is 50.9 Å². The van der Waals surface area contributed by atoms with Gasteiger partial charge in [-0.3, -0.25) is 0 Å². The Hall–Kier alpha value is -2.79. The van der Waals surface area contributed by atoms with Crippen molar-refractivity contribution >= 4 is 11.4 Å². The van der Waals surface area contributed by atoms with Crippen molar-refractivity contribution in [2.24, 2.45) is 10.2 Å². The van der Waals surface area contributed by atoms with Gasteiger partial charge in [-0.05, 0) is 6.92 Å². The molecule has 0 N–H and O–H groups in total. The van der Waals surface area contributed by atoms with Crippen molar-refractivity contribution < 1.29 is 44.3 Å². The summed E-state index contributed by atoms with van der Waals surface area (Å²) in [6.45, 7) is 0.892. The molecule has 140 valence electrons. The fraction of sp³-hybridized carbons (Fsp3) is 0.143. The monoisotopic (exact) mass is 388 g/mol. The number of rotatable bonds is 4. The van der Waals surface area contributed by atoms with Crippen LogP contribution in [0.15, 0.2) is 10.2 Å². The second-order valence-corrected chi connectivity index (χ2v) is 4.49. The minimum absolute atomic E-state index is 0.363. The van der Waals surface area contributed by atoms with E-state index < -0.39 is 69.5 Å². The van der Waals surface area contributed by atoms with Crippen LogP contribution in [-0.4, -0.2) is 6.61 Å². The molecular weight excluding hydrogens is 383 g/mol. The molecule has 2 aromatic rings. The molecule has 0 unspecified atom stereocenters. The van der Waals surface area contributed by atoms with E-state index in [1.54, 1.807) is 0 Å². The second kappa shape index (κ2) is 7.22. The summed E-state index contributed by atoms with van der Waals surface area (Å²) in [5, 5.41) is 5.03. The first kappa shape index (κ1) is 19.5. The molecule has 0 saturated carbocycles. The third-order valence-electron chi connectivity index (χ3n) is 2.93. The molecule has 0 amide bonds. The summed E-state index contributed by atoms with van der Waals surface area (Å²) in [6, 6.07) is 0. The standard InChI is InChI=1S/C14H5F9N2O/c1-2-26-14-10(22)8(20)13(9(21)11(14)23)25-24-12-6(18)4(16)3(15)5(17)7(12)19/h2H2,1H3. The lowest BCUT2D eigenvalue weighted by molar-refractivity contribution is 0.287. The molecular formula is C14H5F9N2O. The molecule has 3 nitrogen and oxygen atoms in total. The first-order valence-electron chi connectivity index (χ1n) is 6.55. The minimum Gasteiger partial charge on any atom is -0.488 e. The van der Waals surface area contributed by atoms with E-state index in [1.807, 2.05) is 0 Å². The maximum absolute atomic E-state index is 13.7. The zero-order valence-electron chi connectivity index (χ0n) is 12.4. The highest BCUT2D eigenvalue weighted by atomic mass is 19.2. The van der Waals surface area contributed by atoms with Crippen LogP contribution in [0, 0.1) is 52.4 Å². The Morgan fingerprint density at radius 1 is 0.538 bits per heavy atom. The molecule has 0 aromatic heterocycles. The quantitative estimate of drug-likeness (QED) is 0.284. The van der Waals surface area contributed by atoms with Crippen LogP contribution in [0.1, 0.15) is 6.92 Å². The zero-order chi connectivity index (χ0) is 19.8. The van der Waals surface area contributed by atoms with Gasteiger partial charge in [0.15, 0.2) is 52.0 Å². The lowest BCUT2D eigenvalue weighted by Gasteiger charge is -2.09. The van der Waals surface area contributed by atoms with E-state index in [2.05, 4.69) is 15.0 Å². The van der Waals surface area contributed by atoms with Crippen molar-refractivity contribution in [3.63, 3.8) is 0 Å². The van der Waals surface area contributed by atoms with Crippen molar-refractivity contribution in [3.8, 4) is 5.75 Å². The van der Waals surface area contributed by atoms with E-state index in [0.717, 1.165) is 0 Å². The topological polar surface area (TPSA) is 34.0 Å². The minimum atomic E-state index is -2.51. The molecule has 0 aliphatic rings. The normalized spacial score (nSPS) is 11.5. The van der Waals surface area contributed by atoms with Gasteiger partial charge in [-0.25, -0.2) is 30.7 Å². The van der Waals surface area contributed by atoms with Gasteiger partial charge >= 0.3 is 0 Å². The number of benzene rings is 2. The fourth-order valence-corrected chi connectivity index (χ4v) is 1.74. The predicted molar refractivity (Wildman–Crippen MR) is 67.9 cm³/mol. The Morgan fingerprint density at radius 2 is 0.846 bits per heavy atom.